The number of benzene rings is 2. The predicted molar refractivity (Wildman–Crippen MR) is 117 cm³/mol. The van der Waals surface area contributed by atoms with Crippen LogP contribution in [0.3, 0.4) is 0 Å². The smallest absolute Gasteiger partial charge is 0.416 e. The van der Waals surface area contributed by atoms with Gasteiger partial charge in [0.05, 0.1) is 15.8 Å². The van der Waals surface area contributed by atoms with Crippen LogP contribution in [-0.2, 0) is 6.18 Å². The second kappa shape index (κ2) is 8.87. The molecule has 0 aliphatic carbocycles. The zero-order chi connectivity index (χ0) is 23.6. The van der Waals surface area contributed by atoms with Gasteiger partial charge >= 0.3 is 6.18 Å². The van der Waals surface area contributed by atoms with E-state index in [-0.39, 0.29) is 22.3 Å². The fourth-order valence-corrected chi connectivity index (χ4v) is 3.78. The Morgan fingerprint density at radius 1 is 1.00 bits per heavy atom. The normalized spacial score (nSPS) is 11.3. The standard InChI is InChI=1S/C22H15F3N4O3S/c1-26-20(31)17-10-15(7-8-27-17)32-14-5-6-16-18(11-14)33-21(28-16)29-19(30)12-3-2-4-13(9-12)22(23,24)25/h2-11H,1H3,(H,26,31)(H,28,29,30). The topological polar surface area (TPSA) is 93.2 Å². The molecule has 4 aromatic rings. The Balaban J connectivity index is 1.52. The van der Waals surface area contributed by atoms with Crippen LogP contribution < -0.4 is 15.4 Å². The molecule has 2 heterocycles. The summed E-state index contributed by atoms with van der Waals surface area (Å²) in [6, 6.07) is 12.3. The second-order valence-electron chi connectivity index (χ2n) is 6.74. The van der Waals surface area contributed by atoms with Crippen molar-refractivity contribution in [1.82, 2.24) is 15.3 Å². The van der Waals surface area contributed by atoms with Gasteiger partial charge in [0, 0.05) is 30.9 Å². The first-order chi connectivity index (χ1) is 15.7. The highest BCUT2D eigenvalue weighted by molar-refractivity contribution is 7.22. The van der Waals surface area contributed by atoms with E-state index in [0.717, 1.165) is 23.5 Å². The van der Waals surface area contributed by atoms with Crippen LogP contribution in [0.1, 0.15) is 26.4 Å². The van der Waals surface area contributed by atoms with Crippen LogP contribution in [-0.4, -0.2) is 28.8 Å². The van der Waals surface area contributed by atoms with Crippen molar-refractivity contribution in [1.29, 1.82) is 0 Å². The number of carbonyl (C=O) groups is 2. The van der Waals surface area contributed by atoms with Crippen molar-refractivity contribution in [2.45, 2.75) is 6.18 Å². The Morgan fingerprint density at radius 2 is 1.79 bits per heavy atom. The SMILES string of the molecule is CNC(=O)c1cc(Oc2ccc3nc(NC(=O)c4cccc(C(F)(F)F)c4)sc3c2)ccn1. The zero-order valence-electron chi connectivity index (χ0n) is 16.9. The van der Waals surface area contributed by atoms with E-state index < -0.39 is 17.6 Å². The van der Waals surface area contributed by atoms with Crippen molar-refractivity contribution < 1.29 is 27.5 Å². The molecule has 2 aromatic carbocycles. The van der Waals surface area contributed by atoms with E-state index in [0.29, 0.717) is 21.7 Å². The van der Waals surface area contributed by atoms with E-state index >= 15 is 0 Å². The first-order valence-corrected chi connectivity index (χ1v) is 10.3. The number of carbonyl (C=O) groups excluding carboxylic acids is 2. The molecule has 0 fully saturated rings. The summed E-state index contributed by atoms with van der Waals surface area (Å²) in [5.74, 6) is -0.170. The van der Waals surface area contributed by atoms with Gasteiger partial charge in [-0.2, -0.15) is 13.2 Å². The maximum Gasteiger partial charge on any atom is 0.416 e. The lowest BCUT2D eigenvalue weighted by Gasteiger charge is -2.08. The number of hydrogen-bond donors (Lipinski definition) is 2. The monoisotopic (exact) mass is 472 g/mol. The number of nitrogens with zero attached hydrogens (tertiary/aromatic N) is 2. The minimum atomic E-state index is -4.54. The first-order valence-electron chi connectivity index (χ1n) is 9.48. The Morgan fingerprint density at radius 3 is 2.55 bits per heavy atom. The van der Waals surface area contributed by atoms with Crippen LogP contribution in [0.25, 0.3) is 10.2 Å². The van der Waals surface area contributed by atoms with Crippen molar-refractivity contribution in [2.75, 3.05) is 12.4 Å². The van der Waals surface area contributed by atoms with Crippen LogP contribution >= 0.6 is 11.3 Å². The number of aromatic nitrogens is 2. The molecule has 33 heavy (non-hydrogen) atoms. The second-order valence-corrected chi connectivity index (χ2v) is 7.77. The minimum Gasteiger partial charge on any atom is -0.457 e. The van der Waals surface area contributed by atoms with Crippen molar-refractivity contribution in [2.24, 2.45) is 0 Å². The number of halogens is 3. The summed E-state index contributed by atoms with van der Waals surface area (Å²) in [5, 5.41) is 5.24. The molecular weight excluding hydrogens is 457 g/mol. The molecule has 0 unspecified atom stereocenters. The van der Waals surface area contributed by atoms with Crippen LogP contribution in [0.5, 0.6) is 11.5 Å². The van der Waals surface area contributed by atoms with E-state index in [2.05, 4.69) is 20.6 Å². The number of fused-ring (bicyclic) bond motifs is 1. The average molecular weight is 472 g/mol. The van der Waals surface area contributed by atoms with Crippen LogP contribution in [0.15, 0.2) is 60.8 Å². The Labute approximate surface area is 189 Å². The van der Waals surface area contributed by atoms with Crippen molar-refractivity contribution >= 4 is 38.5 Å². The van der Waals surface area contributed by atoms with Gasteiger partial charge < -0.3 is 10.1 Å². The third kappa shape index (κ3) is 5.09. The van der Waals surface area contributed by atoms with Crippen molar-refractivity contribution in [3.63, 3.8) is 0 Å². The molecule has 2 amide bonds. The molecule has 0 radical (unpaired) electrons. The molecule has 0 bridgehead atoms. The van der Waals surface area contributed by atoms with Gasteiger partial charge in [-0.15, -0.1) is 0 Å². The summed E-state index contributed by atoms with van der Waals surface area (Å²) in [7, 11) is 1.50. The highest BCUT2D eigenvalue weighted by Gasteiger charge is 2.31. The number of thiazole rings is 1. The number of pyridine rings is 1. The number of nitrogens with one attached hydrogen (secondary N) is 2. The maximum absolute atomic E-state index is 12.9. The number of rotatable bonds is 5. The van der Waals surface area contributed by atoms with E-state index in [4.69, 9.17) is 4.74 Å². The van der Waals surface area contributed by atoms with E-state index in [1.165, 1.54) is 31.4 Å². The molecule has 0 saturated carbocycles. The van der Waals surface area contributed by atoms with Crippen LogP contribution in [0.2, 0.25) is 0 Å². The molecule has 0 saturated heterocycles. The highest BCUT2D eigenvalue weighted by Crippen LogP contribution is 2.32. The Bertz CT molecular complexity index is 1350. The van der Waals surface area contributed by atoms with E-state index in [9.17, 15) is 22.8 Å². The van der Waals surface area contributed by atoms with Gasteiger partial charge in [-0.1, -0.05) is 17.4 Å². The van der Waals surface area contributed by atoms with Crippen LogP contribution in [0.4, 0.5) is 18.3 Å². The molecule has 0 atom stereocenters. The first kappa shape index (κ1) is 22.2. The third-order valence-corrected chi connectivity index (χ3v) is 5.39. The van der Waals surface area contributed by atoms with Gasteiger partial charge in [0.25, 0.3) is 11.8 Å². The summed E-state index contributed by atoms with van der Waals surface area (Å²) in [5.41, 5.74) is -0.254. The lowest BCUT2D eigenvalue weighted by atomic mass is 10.1. The third-order valence-electron chi connectivity index (χ3n) is 4.46. The number of anilines is 1. The van der Waals surface area contributed by atoms with Gasteiger partial charge in [-0.05, 0) is 36.4 Å². The summed E-state index contributed by atoms with van der Waals surface area (Å²) >= 11 is 1.14. The molecule has 7 nitrogen and oxygen atoms in total. The largest absolute Gasteiger partial charge is 0.457 e. The summed E-state index contributed by atoms with van der Waals surface area (Å²) < 4.78 is 45.2. The fraction of sp³-hybridized carbons (Fsp3) is 0.0909. The molecule has 2 N–H and O–H groups in total. The summed E-state index contributed by atoms with van der Waals surface area (Å²) in [6.45, 7) is 0. The van der Waals surface area contributed by atoms with Crippen LogP contribution in [0, 0.1) is 0 Å². The van der Waals surface area contributed by atoms with Gasteiger partial charge in [0.1, 0.15) is 17.2 Å². The quantitative estimate of drug-likeness (QED) is 0.421. The van der Waals surface area contributed by atoms with E-state index in [1.54, 1.807) is 24.3 Å². The molecule has 2 aromatic heterocycles. The average Bonchev–Trinajstić information content (AvgIpc) is 3.19. The van der Waals surface area contributed by atoms with Gasteiger partial charge in [-0.3, -0.25) is 19.9 Å². The molecular formula is C22H15F3N4O3S. The number of alkyl halides is 3. The molecule has 0 aliphatic rings. The van der Waals surface area contributed by atoms with Gasteiger partial charge in [0.2, 0.25) is 0 Å². The molecule has 0 aliphatic heterocycles. The Kier molecular flexibility index (Phi) is 5.97. The Hall–Kier alpha value is -3.99. The molecule has 0 spiro atoms. The molecule has 11 heteroatoms. The van der Waals surface area contributed by atoms with E-state index in [1.807, 2.05) is 0 Å². The number of ether oxygens (including phenoxy) is 1. The van der Waals surface area contributed by atoms with Crippen molar-refractivity contribution in [3.8, 4) is 11.5 Å². The summed E-state index contributed by atoms with van der Waals surface area (Å²) in [6.07, 6.45) is -3.09. The van der Waals surface area contributed by atoms with Gasteiger partial charge in [-0.25, -0.2) is 4.98 Å². The zero-order valence-corrected chi connectivity index (χ0v) is 17.8. The summed E-state index contributed by atoms with van der Waals surface area (Å²) in [4.78, 5) is 32.4. The highest BCUT2D eigenvalue weighted by atomic mass is 32.1. The fourth-order valence-electron chi connectivity index (χ4n) is 2.89. The number of amides is 2. The maximum atomic E-state index is 12.9. The molecule has 168 valence electrons. The lowest BCUT2D eigenvalue weighted by molar-refractivity contribution is -0.137. The predicted octanol–water partition coefficient (Wildman–Crippen LogP) is 5.11. The number of hydrogen-bond acceptors (Lipinski definition) is 6. The lowest BCUT2D eigenvalue weighted by Crippen LogP contribution is -2.18. The van der Waals surface area contributed by atoms with Gasteiger partial charge in [0.15, 0.2) is 5.13 Å². The van der Waals surface area contributed by atoms with Crippen molar-refractivity contribution in [3.05, 3.63) is 77.6 Å². The minimum absolute atomic E-state index is 0.127. The molecule has 4 rings (SSSR count).